The van der Waals surface area contributed by atoms with Crippen LogP contribution in [0.15, 0.2) is 6.07 Å². The zero-order chi connectivity index (χ0) is 16.4. The molecule has 1 aliphatic carbocycles. The second-order valence-electron chi connectivity index (χ2n) is 6.23. The van der Waals surface area contributed by atoms with Crippen LogP contribution in [0.2, 0.25) is 0 Å². The topological polar surface area (TPSA) is 86.6 Å². The largest absolute Gasteiger partial charge is 0.507 e. The Labute approximate surface area is 130 Å². The third-order valence-electron chi connectivity index (χ3n) is 4.71. The van der Waals surface area contributed by atoms with Crippen molar-refractivity contribution >= 4 is 17.6 Å². The number of amides is 1. The monoisotopic (exact) mass is 305 g/mol. The van der Waals surface area contributed by atoms with E-state index < -0.39 is 11.9 Å². The first-order valence-electron chi connectivity index (χ1n) is 7.64. The fourth-order valence-corrected chi connectivity index (χ4v) is 3.09. The van der Waals surface area contributed by atoms with Crippen LogP contribution in [0.5, 0.6) is 5.75 Å². The molecule has 2 atom stereocenters. The van der Waals surface area contributed by atoms with Gasteiger partial charge in [-0.05, 0) is 62.8 Å². The van der Waals surface area contributed by atoms with Crippen LogP contribution in [0, 0.1) is 32.6 Å². The highest BCUT2D eigenvalue weighted by molar-refractivity contribution is 5.94. The lowest BCUT2D eigenvalue weighted by Crippen LogP contribution is -2.31. The van der Waals surface area contributed by atoms with Gasteiger partial charge in [0.05, 0.1) is 5.92 Å². The van der Waals surface area contributed by atoms with Crippen LogP contribution in [0.3, 0.4) is 0 Å². The first-order valence-corrected chi connectivity index (χ1v) is 7.64. The highest BCUT2D eigenvalue weighted by atomic mass is 16.4. The SMILES string of the molecule is Cc1cc(NC(=O)[C@@H]2CCC[C@H](C(=O)O)C2)c(C)c(C)c1O. The number of carboxylic acid groups (broad SMARTS) is 1. The third-order valence-corrected chi connectivity index (χ3v) is 4.71. The van der Waals surface area contributed by atoms with Crippen LogP contribution < -0.4 is 5.32 Å². The van der Waals surface area contributed by atoms with E-state index in [2.05, 4.69) is 5.32 Å². The van der Waals surface area contributed by atoms with Gasteiger partial charge in [-0.15, -0.1) is 0 Å². The van der Waals surface area contributed by atoms with Crippen molar-refractivity contribution in [2.45, 2.75) is 46.5 Å². The number of aryl methyl sites for hydroxylation is 1. The van der Waals surface area contributed by atoms with Crippen molar-refractivity contribution in [3.05, 3.63) is 22.8 Å². The smallest absolute Gasteiger partial charge is 0.306 e. The van der Waals surface area contributed by atoms with Crippen LogP contribution in [0.4, 0.5) is 5.69 Å². The van der Waals surface area contributed by atoms with Gasteiger partial charge in [-0.25, -0.2) is 0 Å². The zero-order valence-electron chi connectivity index (χ0n) is 13.3. The van der Waals surface area contributed by atoms with E-state index in [1.165, 1.54) is 0 Å². The maximum Gasteiger partial charge on any atom is 0.306 e. The van der Waals surface area contributed by atoms with E-state index in [0.29, 0.717) is 24.1 Å². The van der Waals surface area contributed by atoms with E-state index in [1.807, 2.05) is 13.8 Å². The number of phenols is 1. The predicted octanol–water partition coefficient (Wildman–Crippen LogP) is 3.15. The molecule has 5 heteroatoms. The fourth-order valence-electron chi connectivity index (χ4n) is 3.09. The van der Waals surface area contributed by atoms with E-state index in [-0.39, 0.29) is 17.6 Å². The van der Waals surface area contributed by atoms with Crippen molar-refractivity contribution in [3.8, 4) is 5.75 Å². The van der Waals surface area contributed by atoms with Gasteiger partial charge in [-0.2, -0.15) is 0 Å². The molecule has 0 aromatic heterocycles. The molecule has 0 aliphatic heterocycles. The summed E-state index contributed by atoms with van der Waals surface area (Å²) >= 11 is 0. The van der Waals surface area contributed by atoms with Crippen molar-refractivity contribution in [2.24, 2.45) is 11.8 Å². The Morgan fingerprint density at radius 1 is 1.14 bits per heavy atom. The Morgan fingerprint density at radius 3 is 2.41 bits per heavy atom. The molecule has 120 valence electrons. The second-order valence-corrected chi connectivity index (χ2v) is 6.23. The lowest BCUT2D eigenvalue weighted by atomic mass is 9.81. The number of rotatable bonds is 3. The zero-order valence-corrected chi connectivity index (χ0v) is 13.3. The van der Waals surface area contributed by atoms with E-state index in [0.717, 1.165) is 24.0 Å². The van der Waals surface area contributed by atoms with Crippen LogP contribution >= 0.6 is 0 Å². The van der Waals surface area contributed by atoms with E-state index in [9.17, 15) is 14.7 Å². The lowest BCUT2D eigenvalue weighted by Gasteiger charge is -2.26. The molecule has 0 heterocycles. The lowest BCUT2D eigenvalue weighted by molar-refractivity contribution is -0.143. The van der Waals surface area contributed by atoms with Crippen LogP contribution in [0.1, 0.15) is 42.4 Å². The molecule has 1 fully saturated rings. The maximum absolute atomic E-state index is 12.4. The Bertz CT molecular complexity index is 609. The van der Waals surface area contributed by atoms with Gasteiger partial charge < -0.3 is 15.5 Å². The average molecular weight is 305 g/mol. The summed E-state index contributed by atoms with van der Waals surface area (Å²) in [5.41, 5.74) is 2.99. The number of aliphatic carboxylic acids is 1. The molecule has 3 N–H and O–H groups in total. The van der Waals surface area contributed by atoms with Crippen LogP contribution in [0.25, 0.3) is 0 Å². The van der Waals surface area contributed by atoms with Gasteiger partial charge in [-0.1, -0.05) is 6.42 Å². The quantitative estimate of drug-likeness (QED) is 0.749. The molecule has 0 unspecified atom stereocenters. The molecule has 0 bridgehead atoms. The first kappa shape index (κ1) is 16.3. The van der Waals surface area contributed by atoms with Crippen molar-refractivity contribution in [3.63, 3.8) is 0 Å². The Balaban J connectivity index is 2.14. The van der Waals surface area contributed by atoms with Crippen molar-refractivity contribution in [1.82, 2.24) is 0 Å². The highest BCUT2D eigenvalue weighted by Gasteiger charge is 2.31. The number of carbonyl (C=O) groups excluding carboxylic acids is 1. The summed E-state index contributed by atoms with van der Waals surface area (Å²) in [5, 5.41) is 21.9. The molecule has 1 saturated carbocycles. The van der Waals surface area contributed by atoms with E-state index in [1.54, 1.807) is 13.0 Å². The maximum atomic E-state index is 12.4. The van der Waals surface area contributed by atoms with Crippen LogP contribution in [-0.2, 0) is 9.59 Å². The van der Waals surface area contributed by atoms with E-state index in [4.69, 9.17) is 5.11 Å². The molecule has 0 spiro atoms. The molecule has 22 heavy (non-hydrogen) atoms. The number of anilines is 1. The fraction of sp³-hybridized carbons (Fsp3) is 0.529. The second kappa shape index (κ2) is 6.38. The van der Waals surface area contributed by atoms with Crippen molar-refractivity contribution in [1.29, 1.82) is 0 Å². The van der Waals surface area contributed by atoms with Gasteiger partial charge in [-0.3, -0.25) is 9.59 Å². The normalized spacial score (nSPS) is 21.4. The molecule has 2 rings (SSSR count). The minimum absolute atomic E-state index is 0.126. The van der Waals surface area contributed by atoms with Crippen LogP contribution in [-0.4, -0.2) is 22.1 Å². The molecule has 5 nitrogen and oxygen atoms in total. The number of hydrogen-bond donors (Lipinski definition) is 3. The number of carbonyl (C=O) groups is 2. The average Bonchev–Trinajstić information content (AvgIpc) is 2.50. The Morgan fingerprint density at radius 2 is 1.77 bits per heavy atom. The van der Waals surface area contributed by atoms with Gasteiger partial charge >= 0.3 is 5.97 Å². The first-order chi connectivity index (χ1) is 10.3. The molecule has 1 aliphatic rings. The standard InChI is InChI=1S/C17H23NO4/c1-9-7-14(10(2)11(3)15(9)19)18-16(20)12-5-4-6-13(8-12)17(21)22/h7,12-13,19H,4-6,8H2,1-3H3,(H,18,20)(H,21,22)/t12-,13+/m1/s1. The summed E-state index contributed by atoms with van der Waals surface area (Å²) in [5.74, 6) is -1.37. The number of phenolic OH excluding ortho intramolecular Hbond substituents is 1. The van der Waals surface area contributed by atoms with E-state index >= 15 is 0 Å². The molecule has 1 aromatic carbocycles. The van der Waals surface area contributed by atoms with Gasteiger partial charge in [0, 0.05) is 11.6 Å². The third kappa shape index (κ3) is 3.24. The number of nitrogens with one attached hydrogen (secondary N) is 1. The molecule has 1 aromatic rings. The molecular weight excluding hydrogens is 282 g/mol. The molecular formula is C17H23NO4. The van der Waals surface area contributed by atoms with Crippen molar-refractivity contribution < 1.29 is 19.8 Å². The molecule has 1 amide bonds. The number of carboxylic acids is 1. The summed E-state index contributed by atoms with van der Waals surface area (Å²) in [6.45, 7) is 5.46. The Kier molecular flexibility index (Phi) is 4.74. The van der Waals surface area contributed by atoms with Gasteiger partial charge in [0.2, 0.25) is 5.91 Å². The molecule has 0 radical (unpaired) electrons. The number of aromatic hydroxyl groups is 1. The van der Waals surface area contributed by atoms with Gasteiger partial charge in [0.25, 0.3) is 0 Å². The summed E-state index contributed by atoms with van der Waals surface area (Å²) < 4.78 is 0. The van der Waals surface area contributed by atoms with Gasteiger partial charge in [0.1, 0.15) is 5.75 Å². The van der Waals surface area contributed by atoms with Crippen molar-refractivity contribution in [2.75, 3.05) is 5.32 Å². The predicted molar refractivity (Wildman–Crippen MR) is 84.0 cm³/mol. The summed E-state index contributed by atoms with van der Waals surface area (Å²) in [4.78, 5) is 23.5. The molecule has 0 saturated heterocycles. The summed E-state index contributed by atoms with van der Waals surface area (Å²) in [7, 11) is 0. The number of hydrogen-bond acceptors (Lipinski definition) is 3. The summed E-state index contributed by atoms with van der Waals surface area (Å²) in [6, 6.07) is 1.76. The highest BCUT2D eigenvalue weighted by Crippen LogP contribution is 2.33. The summed E-state index contributed by atoms with van der Waals surface area (Å²) in [6.07, 6.45) is 2.54. The Hall–Kier alpha value is -2.04. The minimum Gasteiger partial charge on any atom is -0.507 e. The minimum atomic E-state index is -0.815. The van der Waals surface area contributed by atoms with Gasteiger partial charge in [0.15, 0.2) is 0 Å². The number of benzene rings is 1.